The number of esters is 1. The van der Waals surface area contributed by atoms with Crippen LogP contribution in [0.3, 0.4) is 0 Å². The van der Waals surface area contributed by atoms with Gasteiger partial charge in [0.05, 0.1) is 5.69 Å². The monoisotopic (exact) mass is 346 g/mol. The molecule has 6 heteroatoms. The summed E-state index contributed by atoms with van der Waals surface area (Å²) in [7, 11) is 1.75. The van der Waals surface area contributed by atoms with Crippen molar-refractivity contribution in [1.29, 1.82) is 0 Å². The SMILES string of the molecule is CNc1snc(C)c1C(=O)OCc1c(C)cc(C)c(C(C)=O)c1C. The highest BCUT2D eigenvalue weighted by molar-refractivity contribution is 7.10. The Morgan fingerprint density at radius 1 is 1.17 bits per heavy atom. The summed E-state index contributed by atoms with van der Waals surface area (Å²) in [5.41, 5.74) is 5.54. The molecule has 0 atom stereocenters. The molecule has 128 valence electrons. The minimum atomic E-state index is -0.408. The standard InChI is InChI=1S/C18H22N2O3S/c1-9-7-10(2)15(13(5)21)11(3)14(9)8-23-18(22)16-12(4)20-24-17(16)19-6/h7,19H,8H2,1-6H3. The smallest absolute Gasteiger partial charge is 0.343 e. The summed E-state index contributed by atoms with van der Waals surface area (Å²) < 4.78 is 9.69. The van der Waals surface area contributed by atoms with Crippen LogP contribution in [0.15, 0.2) is 6.07 Å². The zero-order chi connectivity index (χ0) is 18.0. The Hall–Kier alpha value is -2.21. The molecule has 2 rings (SSSR count). The minimum Gasteiger partial charge on any atom is -0.457 e. The van der Waals surface area contributed by atoms with Gasteiger partial charge in [0.2, 0.25) is 0 Å². The molecular weight excluding hydrogens is 324 g/mol. The Balaban J connectivity index is 2.29. The molecule has 0 aliphatic heterocycles. The van der Waals surface area contributed by atoms with Crippen LogP contribution in [0.1, 0.15) is 55.6 Å². The third kappa shape index (κ3) is 3.33. The van der Waals surface area contributed by atoms with Gasteiger partial charge < -0.3 is 10.1 Å². The molecule has 0 radical (unpaired) electrons. The second-order valence-electron chi connectivity index (χ2n) is 5.84. The number of hydrogen-bond donors (Lipinski definition) is 1. The lowest BCUT2D eigenvalue weighted by Crippen LogP contribution is -2.11. The summed E-state index contributed by atoms with van der Waals surface area (Å²) in [5.74, 6) is -0.387. The highest BCUT2D eigenvalue weighted by Gasteiger charge is 2.21. The van der Waals surface area contributed by atoms with Crippen molar-refractivity contribution < 1.29 is 14.3 Å². The van der Waals surface area contributed by atoms with Gasteiger partial charge in [-0.25, -0.2) is 4.79 Å². The molecule has 0 aliphatic carbocycles. The van der Waals surface area contributed by atoms with Gasteiger partial charge in [-0.3, -0.25) is 4.79 Å². The molecule has 1 aromatic carbocycles. The lowest BCUT2D eigenvalue weighted by Gasteiger charge is -2.16. The maximum Gasteiger partial charge on any atom is 0.343 e. The van der Waals surface area contributed by atoms with Crippen LogP contribution in [0.25, 0.3) is 0 Å². The van der Waals surface area contributed by atoms with Crippen LogP contribution in [-0.2, 0) is 11.3 Å². The van der Waals surface area contributed by atoms with Crippen LogP contribution >= 0.6 is 11.5 Å². The first kappa shape index (κ1) is 18.1. The number of nitrogens with zero attached hydrogens (tertiary/aromatic N) is 1. The van der Waals surface area contributed by atoms with E-state index >= 15 is 0 Å². The van der Waals surface area contributed by atoms with Crippen LogP contribution < -0.4 is 5.32 Å². The highest BCUT2D eigenvalue weighted by atomic mass is 32.1. The predicted octanol–water partition coefficient (Wildman–Crippen LogP) is 3.98. The minimum absolute atomic E-state index is 0.0212. The van der Waals surface area contributed by atoms with Crippen molar-refractivity contribution in [2.24, 2.45) is 0 Å². The van der Waals surface area contributed by atoms with Crippen LogP contribution in [0.4, 0.5) is 5.00 Å². The number of benzene rings is 1. The first-order chi connectivity index (χ1) is 11.3. The van der Waals surface area contributed by atoms with Crippen molar-refractivity contribution in [3.05, 3.63) is 45.1 Å². The van der Waals surface area contributed by atoms with E-state index in [0.29, 0.717) is 21.8 Å². The van der Waals surface area contributed by atoms with E-state index in [2.05, 4.69) is 9.69 Å². The molecule has 1 heterocycles. The molecule has 2 aromatic rings. The van der Waals surface area contributed by atoms with Crippen LogP contribution in [-0.4, -0.2) is 23.2 Å². The summed E-state index contributed by atoms with van der Waals surface area (Å²) in [6.07, 6.45) is 0. The number of carbonyl (C=O) groups excluding carboxylic acids is 2. The fourth-order valence-corrected chi connectivity index (χ4v) is 3.71. The van der Waals surface area contributed by atoms with Crippen molar-refractivity contribution >= 4 is 28.3 Å². The number of aromatic nitrogens is 1. The molecule has 0 amide bonds. The number of rotatable bonds is 5. The summed E-state index contributed by atoms with van der Waals surface area (Å²) in [5, 5.41) is 3.65. The first-order valence-electron chi connectivity index (χ1n) is 7.69. The van der Waals surface area contributed by atoms with E-state index in [9.17, 15) is 9.59 Å². The first-order valence-corrected chi connectivity index (χ1v) is 8.47. The second kappa shape index (κ2) is 7.13. The van der Waals surface area contributed by atoms with Gasteiger partial charge >= 0.3 is 5.97 Å². The van der Waals surface area contributed by atoms with E-state index in [1.165, 1.54) is 11.5 Å². The van der Waals surface area contributed by atoms with E-state index in [1.807, 2.05) is 26.8 Å². The number of aryl methyl sites for hydroxylation is 3. The molecule has 0 unspecified atom stereocenters. The molecule has 24 heavy (non-hydrogen) atoms. The molecule has 0 saturated carbocycles. The molecule has 0 spiro atoms. The Labute approximate surface area is 146 Å². The van der Waals surface area contributed by atoms with Crippen molar-refractivity contribution in [3.8, 4) is 0 Å². The van der Waals surface area contributed by atoms with E-state index in [1.54, 1.807) is 20.9 Å². The van der Waals surface area contributed by atoms with Crippen molar-refractivity contribution in [3.63, 3.8) is 0 Å². The molecule has 5 nitrogen and oxygen atoms in total. The van der Waals surface area contributed by atoms with Gasteiger partial charge in [-0.1, -0.05) is 6.07 Å². The number of nitrogens with one attached hydrogen (secondary N) is 1. The number of Topliss-reactive ketones (excluding diaryl/α,β-unsaturated/α-hetero) is 1. The lowest BCUT2D eigenvalue weighted by atomic mass is 9.92. The van der Waals surface area contributed by atoms with E-state index in [0.717, 1.165) is 22.3 Å². The maximum absolute atomic E-state index is 12.4. The van der Waals surface area contributed by atoms with E-state index in [4.69, 9.17) is 4.74 Å². The Morgan fingerprint density at radius 2 is 1.83 bits per heavy atom. The number of carbonyl (C=O) groups is 2. The molecule has 1 N–H and O–H groups in total. The average molecular weight is 346 g/mol. The van der Waals surface area contributed by atoms with Gasteiger partial charge in [-0.2, -0.15) is 4.37 Å². The third-order valence-electron chi connectivity index (χ3n) is 4.12. The van der Waals surface area contributed by atoms with Gasteiger partial charge in [-0.15, -0.1) is 0 Å². The van der Waals surface area contributed by atoms with E-state index in [-0.39, 0.29) is 12.4 Å². The quantitative estimate of drug-likeness (QED) is 0.655. The number of ether oxygens (including phenoxy) is 1. The summed E-state index contributed by atoms with van der Waals surface area (Å²) in [6.45, 7) is 9.26. The fraction of sp³-hybridized carbons (Fsp3) is 0.389. The lowest BCUT2D eigenvalue weighted by molar-refractivity contribution is 0.0472. The zero-order valence-electron chi connectivity index (χ0n) is 14.9. The van der Waals surface area contributed by atoms with Gasteiger partial charge in [0, 0.05) is 12.6 Å². The fourth-order valence-electron chi connectivity index (χ4n) is 2.98. The Morgan fingerprint density at radius 3 is 2.42 bits per heavy atom. The molecule has 0 saturated heterocycles. The summed E-state index contributed by atoms with van der Waals surface area (Å²) >= 11 is 1.23. The summed E-state index contributed by atoms with van der Waals surface area (Å²) in [4.78, 5) is 24.3. The van der Waals surface area contributed by atoms with Crippen molar-refractivity contribution in [1.82, 2.24) is 4.37 Å². The number of anilines is 1. The molecular formula is C18H22N2O3S. The van der Waals surface area contributed by atoms with Crippen LogP contribution in [0.5, 0.6) is 0 Å². The van der Waals surface area contributed by atoms with Crippen LogP contribution in [0, 0.1) is 27.7 Å². The normalized spacial score (nSPS) is 10.6. The number of hydrogen-bond acceptors (Lipinski definition) is 6. The average Bonchev–Trinajstić information content (AvgIpc) is 2.86. The van der Waals surface area contributed by atoms with E-state index < -0.39 is 5.97 Å². The van der Waals surface area contributed by atoms with Gasteiger partial charge in [-0.05, 0) is 68.4 Å². The van der Waals surface area contributed by atoms with Crippen molar-refractivity contribution in [2.75, 3.05) is 12.4 Å². The largest absolute Gasteiger partial charge is 0.457 e. The molecule has 1 aromatic heterocycles. The molecule has 0 bridgehead atoms. The number of ketones is 1. The van der Waals surface area contributed by atoms with Crippen LogP contribution in [0.2, 0.25) is 0 Å². The Kier molecular flexibility index (Phi) is 5.39. The Bertz CT molecular complexity index is 809. The maximum atomic E-state index is 12.4. The third-order valence-corrected chi connectivity index (χ3v) is 5.08. The van der Waals surface area contributed by atoms with Gasteiger partial charge in [0.1, 0.15) is 17.2 Å². The van der Waals surface area contributed by atoms with Gasteiger partial charge in [0.25, 0.3) is 0 Å². The molecule has 0 fully saturated rings. The van der Waals surface area contributed by atoms with Crippen molar-refractivity contribution in [2.45, 2.75) is 41.2 Å². The zero-order valence-corrected chi connectivity index (χ0v) is 15.7. The topological polar surface area (TPSA) is 68.3 Å². The second-order valence-corrected chi connectivity index (χ2v) is 6.62. The summed E-state index contributed by atoms with van der Waals surface area (Å²) in [6, 6.07) is 1.96. The van der Waals surface area contributed by atoms with Gasteiger partial charge in [0.15, 0.2) is 5.78 Å². The highest BCUT2D eigenvalue weighted by Crippen LogP contribution is 2.27. The molecule has 0 aliphatic rings. The predicted molar refractivity (Wildman–Crippen MR) is 96.2 cm³/mol.